The van der Waals surface area contributed by atoms with Gasteiger partial charge < -0.3 is 0 Å². The molecule has 1 heterocycles. The molecule has 1 aliphatic rings. The fraction of sp³-hybridized carbons (Fsp3) is 1.00. The SMILES string of the molecule is CC(C)COP1(=O)OC(C)(C)CC(C)(C)O1. The molecule has 0 bridgehead atoms. The Morgan fingerprint density at radius 2 is 1.62 bits per heavy atom. The molecular formula is C11H23O4P. The summed E-state index contributed by atoms with van der Waals surface area (Å²) in [6.45, 7) is 12.0. The molecule has 4 nitrogen and oxygen atoms in total. The van der Waals surface area contributed by atoms with Gasteiger partial charge in [-0.2, -0.15) is 0 Å². The summed E-state index contributed by atoms with van der Waals surface area (Å²) >= 11 is 0. The molecule has 5 heteroatoms. The van der Waals surface area contributed by atoms with E-state index in [1.165, 1.54) is 0 Å². The highest BCUT2D eigenvalue weighted by Crippen LogP contribution is 2.61. The van der Waals surface area contributed by atoms with Crippen LogP contribution in [-0.4, -0.2) is 17.8 Å². The molecule has 0 aliphatic carbocycles. The number of hydrogen-bond donors (Lipinski definition) is 0. The van der Waals surface area contributed by atoms with Gasteiger partial charge in [0.2, 0.25) is 0 Å². The minimum Gasteiger partial charge on any atom is -0.287 e. The van der Waals surface area contributed by atoms with Crippen LogP contribution in [0.2, 0.25) is 0 Å². The number of rotatable bonds is 3. The lowest BCUT2D eigenvalue weighted by Crippen LogP contribution is -2.41. The van der Waals surface area contributed by atoms with Crippen LogP contribution < -0.4 is 0 Å². The molecule has 0 radical (unpaired) electrons. The zero-order valence-corrected chi connectivity index (χ0v) is 12.0. The summed E-state index contributed by atoms with van der Waals surface area (Å²) in [7, 11) is -3.41. The quantitative estimate of drug-likeness (QED) is 0.715. The maximum absolute atomic E-state index is 12.3. The van der Waals surface area contributed by atoms with Crippen molar-refractivity contribution in [2.24, 2.45) is 5.92 Å². The molecule has 1 fully saturated rings. The van der Waals surface area contributed by atoms with E-state index in [1.54, 1.807) is 0 Å². The molecule has 0 aromatic heterocycles. The third-order valence-corrected chi connectivity index (χ3v) is 4.04. The first-order chi connectivity index (χ1) is 7.04. The van der Waals surface area contributed by atoms with Gasteiger partial charge in [-0.05, 0) is 33.6 Å². The van der Waals surface area contributed by atoms with E-state index in [0.29, 0.717) is 18.9 Å². The molecule has 0 atom stereocenters. The van der Waals surface area contributed by atoms with E-state index in [2.05, 4.69) is 0 Å². The zero-order valence-electron chi connectivity index (χ0n) is 11.1. The predicted molar refractivity (Wildman–Crippen MR) is 63.3 cm³/mol. The van der Waals surface area contributed by atoms with E-state index in [9.17, 15) is 4.57 Å². The van der Waals surface area contributed by atoms with Crippen LogP contribution in [0, 0.1) is 5.92 Å². The van der Waals surface area contributed by atoms with Crippen molar-refractivity contribution < 1.29 is 18.1 Å². The summed E-state index contributed by atoms with van der Waals surface area (Å²) in [5.41, 5.74) is -0.956. The van der Waals surface area contributed by atoms with E-state index < -0.39 is 19.0 Å². The lowest BCUT2D eigenvalue weighted by molar-refractivity contribution is -0.0905. The van der Waals surface area contributed by atoms with Crippen LogP contribution in [0.15, 0.2) is 0 Å². The van der Waals surface area contributed by atoms with Gasteiger partial charge >= 0.3 is 7.82 Å². The van der Waals surface area contributed by atoms with Crippen molar-refractivity contribution in [3.8, 4) is 0 Å². The molecule has 0 unspecified atom stereocenters. The highest BCUT2D eigenvalue weighted by molar-refractivity contribution is 7.48. The van der Waals surface area contributed by atoms with Crippen molar-refractivity contribution in [3.63, 3.8) is 0 Å². The van der Waals surface area contributed by atoms with Crippen LogP contribution in [0.3, 0.4) is 0 Å². The molecule has 16 heavy (non-hydrogen) atoms. The van der Waals surface area contributed by atoms with Gasteiger partial charge in [-0.15, -0.1) is 0 Å². The van der Waals surface area contributed by atoms with E-state index in [-0.39, 0.29) is 0 Å². The molecule has 96 valence electrons. The highest BCUT2D eigenvalue weighted by Gasteiger charge is 2.48. The second kappa shape index (κ2) is 4.41. The van der Waals surface area contributed by atoms with Crippen LogP contribution >= 0.6 is 7.82 Å². The van der Waals surface area contributed by atoms with E-state index in [1.807, 2.05) is 41.5 Å². The molecule has 0 aromatic carbocycles. The predicted octanol–water partition coefficient (Wildman–Crippen LogP) is 3.76. The van der Waals surface area contributed by atoms with Gasteiger partial charge in [-0.25, -0.2) is 4.57 Å². The molecule has 1 saturated heterocycles. The topological polar surface area (TPSA) is 44.8 Å². The summed E-state index contributed by atoms with van der Waals surface area (Å²) in [4.78, 5) is 0. The fourth-order valence-electron chi connectivity index (χ4n) is 2.01. The van der Waals surface area contributed by atoms with Gasteiger partial charge in [0.1, 0.15) is 0 Å². The smallest absolute Gasteiger partial charge is 0.287 e. The van der Waals surface area contributed by atoms with Crippen molar-refractivity contribution in [3.05, 3.63) is 0 Å². The molecular weight excluding hydrogens is 227 g/mol. The first kappa shape index (κ1) is 14.2. The third kappa shape index (κ3) is 4.17. The van der Waals surface area contributed by atoms with E-state index in [0.717, 1.165) is 0 Å². The lowest BCUT2D eigenvalue weighted by Gasteiger charge is -2.43. The van der Waals surface area contributed by atoms with Gasteiger partial charge in [0, 0.05) is 6.42 Å². The summed E-state index contributed by atoms with van der Waals surface area (Å²) in [6, 6.07) is 0. The third-order valence-electron chi connectivity index (χ3n) is 2.14. The second-order valence-electron chi connectivity index (χ2n) is 6.02. The molecule has 0 aromatic rings. The molecule has 0 amide bonds. The van der Waals surface area contributed by atoms with Gasteiger partial charge in [0.15, 0.2) is 0 Å². The number of phosphoric acid groups is 1. The Morgan fingerprint density at radius 1 is 1.19 bits per heavy atom. The maximum Gasteiger partial charge on any atom is 0.475 e. The Morgan fingerprint density at radius 3 is 2.00 bits per heavy atom. The Balaban J connectivity index is 2.76. The average molecular weight is 250 g/mol. The van der Waals surface area contributed by atoms with Gasteiger partial charge in [0.25, 0.3) is 0 Å². The van der Waals surface area contributed by atoms with Crippen LogP contribution in [-0.2, 0) is 18.1 Å². The largest absolute Gasteiger partial charge is 0.475 e. The minimum atomic E-state index is -3.41. The van der Waals surface area contributed by atoms with Crippen molar-refractivity contribution >= 4 is 7.82 Å². The second-order valence-corrected chi connectivity index (χ2v) is 7.53. The summed E-state index contributed by atoms with van der Waals surface area (Å²) < 4.78 is 28.5. The van der Waals surface area contributed by atoms with Gasteiger partial charge in [-0.3, -0.25) is 13.6 Å². The maximum atomic E-state index is 12.3. The molecule has 1 aliphatic heterocycles. The van der Waals surface area contributed by atoms with Gasteiger partial charge in [-0.1, -0.05) is 13.8 Å². The minimum absolute atomic E-state index is 0.297. The van der Waals surface area contributed by atoms with E-state index >= 15 is 0 Å². The number of phosphoric ester groups is 1. The highest BCUT2D eigenvalue weighted by atomic mass is 31.2. The zero-order chi connectivity index (χ0) is 12.6. The molecule has 0 saturated carbocycles. The Kier molecular flexibility index (Phi) is 3.91. The summed E-state index contributed by atoms with van der Waals surface area (Å²) in [5, 5.41) is 0. The molecule has 0 spiro atoms. The summed E-state index contributed by atoms with van der Waals surface area (Å²) in [5.74, 6) is 0.297. The van der Waals surface area contributed by atoms with Crippen molar-refractivity contribution in [2.75, 3.05) is 6.61 Å². The first-order valence-corrected chi connectivity index (χ1v) is 7.16. The van der Waals surface area contributed by atoms with Crippen LogP contribution in [0.4, 0.5) is 0 Å². The normalized spacial score (nSPS) is 26.9. The lowest BCUT2D eigenvalue weighted by atomic mass is 9.93. The first-order valence-electron chi connectivity index (χ1n) is 5.70. The Labute approximate surface area is 98.3 Å². The summed E-state index contributed by atoms with van der Waals surface area (Å²) in [6.07, 6.45) is 0.690. The standard InChI is InChI=1S/C11H23O4P/c1-9(2)7-13-16(12)14-10(3,4)8-11(5,6)15-16/h9H,7-8H2,1-6H3. The average Bonchev–Trinajstić information content (AvgIpc) is 1.93. The van der Waals surface area contributed by atoms with Crippen molar-refractivity contribution in [1.29, 1.82) is 0 Å². The van der Waals surface area contributed by atoms with Gasteiger partial charge in [0.05, 0.1) is 17.8 Å². The fourth-order valence-corrected chi connectivity index (χ4v) is 3.97. The van der Waals surface area contributed by atoms with Crippen molar-refractivity contribution in [2.45, 2.75) is 59.2 Å². The molecule has 1 rings (SSSR count). The number of hydrogen-bond acceptors (Lipinski definition) is 4. The van der Waals surface area contributed by atoms with Crippen molar-refractivity contribution in [1.82, 2.24) is 0 Å². The van der Waals surface area contributed by atoms with Crippen LogP contribution in [0.5, 0.6) is 0 Å². The van der Waals surface area contributed by atoms with Crippen LogP contribution in [0.25, 0.3) is 0 Å². The Bertz CT molecular complexity index is 276. The Hall–Kier alpha value is 0.110. The monoisotopic (exact) mass is 250 g/mol. The molecule has 0 N–H and O–H groups in total. The van der Waals surface area contributed by atoms with E-state index in [4.69, 9.17) is 13.6 Å². The van der Waals surface area contributed by atoms with Crippen LogP contribution in [0.1, 0.15) is 48.0 Å².